The lowest BCUT2D eigenvalue weighted by atomic mass is 10.2. The van der Waals surface area contributed by atoms with Gasteiger partial charge in [0.1, 0.15) is 4.90 Å². The minimum Gasteiger partial charge on any atom is -0.378 e. The quantitative estimate of drug-likeness (QED) is 0.343. The second-order valence-electron chi connectivity index (χ2n) is 5.59. The van der Waals surface area contributed by atoms with Gasteiger partial charge in [0.2, 0.25) is 0 Å². The number of carbonyl (C=O) groups is 1. The van der Waals surface area contributed by atoms with Crippen molar-refractivity contribution in [3.05, 3.63) is 94.5 Å². The molecule has 3 aromatic carbocycles. The molecule has 1 N–H and O–H groups in total. The van der Waals surface area contributed by atoms with E-state index in [1.165, 1.54) is 24.4 Å². The third-order valence-electron chi connectivity index (χ3n) is 3.63. The van der Waals surface area contributed by atoms with E-state index in [4.69, 9.17) is 4.18 Å². The number of rotatable bonds is 6. The number of carbonyl (C=O) groups excluding carboxylic acids is 1. The Bertz CT molecular complexity index is 1100. The van der Waals surface area contributed by atoms with Gasteiger partial charge in [-0.25, -0.2) is 5.43 Å². The van der Waals surface area contributed by atoms with Crippen LogP contribution in [0.15, 0.2) is 93.3 Å². The Hall–Kier alpha value is -2.97. The van der Waals surface area contributed by atoms with Crippen LogP contribution in [-0.4, -0.2) is 20.5 Å². The minimum atomic E-state index is -3.98. The van der Waals surface area contributed by atoms with Crippen molar-refractivity contribution in [1.82, 2.24) is 5.43 Å². The fourth-order valence-corrected chi connectivity index (χ4v) is 3.48. The molecule has 0 bridgehead atoms. The van der Waals surface area contributed by atoms with E-state index in [0.29, 0.717) is 11.1 Å². The van der Waals surface area contributed by atoms with Gasteiger partial charge in [-0.1, -0.05) is 46.3 Å². The molecule has 0 spiro atoms. The lowest BCUT2D eigenvalue weighted by molar-refractivity contribution is 0.0955. The van der Waals surface area contributed by atoms with E-state index < -0.39 is 10.1 Å². The van der Waals surface area contributed by atoms with Gasteiger partial charge in [-0.2, -0.15) is 13.5 Å². The first-order valence-electron chi connectivity index (χ1n) is 8.13. The molecule has 0 aromatic heterocycles. The molecule has 0 radical (unpaired) electrons. The number of benzene rings is 3. The van der Waals surface area contributed by atoms with Crippen molar-refractivity contribution in [3.63, 3.8) is 0 Å². The lowest BCUT2D eigenvalue weighted by Crippen LogP contribution is -2.17. The summed E-state index contributed by atoms with van der Waals surface area (Å²) < 4.78 is 30.9. The Morgan fingerprint density at radius 3 is 2.29 bits per heavy atom. The van der Waals surface area contributed by atoms with Gasteiger partial charge in [0.15, 0.2) is 5.75 Å². The summed E-state index contributed by atoms with van der Waals surface area (Å²) in [6.45, 7) is 0. The normalized spacial score (nSPS) is 11.3. The fraction of sp³-hybridized carbons (Fsp3) is 0. The Morgan fingerprint density at radius 2 is 1.57 bits per heavy atom. The number of nitrogens with zero attached hydrogens (tertiary/aromatic N) is 1. The number of halogens is 1. The monoisotopic (exact) mass is 458 g/mol. The van der Waals surface area contributed by atoms with Crippen LogP contribution in [0.2, 0.25) is 0 Å². The molecule has 0 heterocycles. The zero-order chi connectivity index (χ0) is 20.0. The molecule has 0 unspecified atom stereocenters. The van der Waals surface area contributed by atoms with Crippen molar-refractivity contribution in [2.75, 3.05) is 0 Å². The van der Waals surface area contributed by atoms with Crippen LogP contribution in [0.1, 0.15) is 15.9 Å². The molecule has 6 nitrogen and oxygen atoms in total. The predicted octanol–water partition coefficient (Wildman–Crippen LogP) is 3.98. The number of hydrogen-bond donors (Lipinski definition) is 1. The van der Waals surface area contributed by atoms with Crippen LogP contribution in [-0.2, 0) is 10.1 Å². The molecule has 0 saturated carbocycles. The van der Waals surface area contributed by atoms with Crippen molar-refractivity contribution in [3.8, 4) is 5.75 Å². The first kappa shape index (κ1) is 19.8. The smallest absolute Gasteiger partial charge is 0.339 e. The maximum atomic E-state index is 12.4. The number of nitrogens with one attached hydrogen (secondary N) is 1. The Labute approximate surface area is 171 Å². The van der Waals surface area contributed by atoms with Crippen LogP contribution in [0.4, 0.5) is 0 Å². The summed E-state index contributed by atoms with van der Waals surface area (Å²) in [6.07, 6.45) is 1.33. The van der Waals surface area contributed by atoms with E-state index in [1.54, 1.807) is 60.7 Å². The van der Waals surface area contributed by atoms with Gasteiger partial charge in [-0.05, 0) is 48.5 Å². The summed E-state index contributed by atoms with van der Waals surface area (Å²) in [4.78, 5) is 12.1. The van der Waals surface area contributed by atoms with Gasteiger partial charge in [0.05, 0.1) is 6.21 Å². The highest BCUT2D eigenvalue weighted by Gasteiger charge is 2.17. The van der Waals surface area contributed by atoms with Crippen molar-refractivity contribution in [1.29, 1.82) is 0 Å². The summed E-state index contributed by atoms with van der Waals surface area (Å²) >= 11 is 3.30. The van der Waals surface area contributed by atoms with Crippen LogP contribution in [0.25, 0.3) is 0 Å². The third-order valence-corrected chi connectivity index (χ3v) is 5.40. The summed E-state index contributed by atoms with van der Waals surface area (Å²) in [6, 6.07) is 21.1. The van der Waals surface area contributed by atoms with Crippen LogP contribution < -0.4 is 9.61 Å². The molecular weight excluding hydrogens is 444 g/mol. The highest BCUT2D eigenvalue weighted by atomic mass is 79.9. The number of hydrazone groups is 1. The molecule has 0 fully saturated rings. The second kappa shape index (κ2) is 8.81. The average Bonchev–Trinajstić information content (AvgIpc) is 2.70. The minimum absolute atomic E-state index is 0.0466. The first-order chi connectivity index (χ1) is 13.5. The molecular formula is C20H15BrN2O4S. The van der Waals surface area contributed by atoms with Crippen LogP contribution in [0.3, 0.4) is 0 Å². The molecule has 3 rings (SSSR count). The highest BCUT2D eigenvalue weighted by molar-refractivity contribution is 9.10. The second-order valence-corrected chi connectivity index (χ2v) is 8.06. The molecule has 0 aliphatic carbocycles. The van der Waals surface area contributed by atoms with Crippen molar-refractivity contribution < 1.29 is 17.4 Å². The standard InChI is InChI=1S/C20H15BrN2O4S/c21-17-12-10-15(11-13-17)20(24)23-22-14-16-6-4-5-9-19(16)27-28(25,26)18-7-2-1-3-8-18/h1-14H,(H,23,24)/b22-14-. The van der Waals surface area contributed by atoms with Gasteiger partial charge < -0.3 is 4.18 Å². The van der Waals surface area contributed by atoms with Gasteiger partial charge in [0, 0.05) is 15.6 Å². The summed E-state index contributed by atoms with van der Waals surface area (Å²) in [5.74, 6) is -0.285. The molecule has 1 amide bonds. The number of amides is 1. The first-order valence-corrected chi connectivity index (χ1v) is 10.3. The van der Waals surface area contributed by atoms with Crippen LogP contribution in [0.5, 0.6) is 5.75 Å². The molecule has 0 saturated heterocycles. The van der Waals surface area contributed by atoms with E-state index in [2.05, 4.69) is 26.5 Å². The Balaban J connectivity index is 1.74. The Kier molecular flexibility index (Phi) is 6.23. The maximum Gasteiger partial charge on any atom is 0.339 e. The Morgan fingerprint density at radius 1 is 0.929 bits per heavy atom. The molecule has 8 heteroatoms. The summed E-state index contributed by atoms with van der Waals surface area (Å²) in [5, 5.41) is 3.89. The van der Waals surface area contributed by atoms with Gasteiger partial charge in [-0.3, -0.25) is 4.79 Å². The SMILES string of the molecule is O=C(N/N=C\c1ccccc1OS(=O)(=O)c1ccccc1)c1ccc(Br)cc1. The number of para-hydroxylation sites is 1. The van der Waals surface area contributed by atoms with E-state index >= 15 is 0 Å². The molecule has 0 aliphatic rings. The molecule has 0 atom stereocenters. The van der Waals surface area contributed by atoms with E-state index in [1.807, 2.05) is 0 Å². The lowest BCUT2D eigenvalue weighted by Gasteiger charge is -2.09. The van der Waals surface area contributed by atoms with Gasteiger partial charge >= 0.3 is 10.1 Å². The number of hydrogen-bond acceptors (Lipinski definition) is 5. The van der Waals surface area contributed by atoms with Crippen molar-refractivity contribution >= 4 is 38.2 Å². The summed E-state index contributed by atoms with van der Waals surface area (Å²) in [7, 11) is -3.98. The van der Waals surface area contributed by atoms with Gasteiger partial charge in [-0.15, -0.1) is 0 Å². The van der Waals surface area contributed by atoms with E-state index in [0.717, 1.165) is 4.47 Å². The average molecular weight is 459 g/mol. The van der Waals surface area contributed by atoms with Crippen molar-refractivity contribution in [2.24, 2.45) is 5.10 Å². The van der Waals surface area contributed by atoms with Gasteiger partial charge in [0.25, 0.3) is 5.91 Å². The molecule has 0 aliphatic heterocycles. The summed E-state index contributed by atoms with van der Waals surface area (Å²) in [5.41, 5.74) is 3.24. The zero-order valence-corrected chi connectivity index (χ0v) is 16.9. The van der Waals surface area contributed by atoms with Crippen LogP contribution in [0, 0.1) is 0 Å². The molecule has 3 aromatic rings. The highest BCUT2D eigenvalue weighted by Crippen LogP contribution is 2.21. The maximum absolute atomic E-state index is 12.4. The topological polar surface area (TPSA) is 84.8 Å². The third kappa shape index (κ3) is 5.05. The molecule has 142 valence electrons. The van der Waals surface area contributed by atoms with E-state index in [9.17, 15) is 13.2 Å². The predicted molar refractivity (Wildman–Crippen MR) is 110 cm³/mol. The molecule has 28 heavy (non-hydrogen) atoms. The fourth-order valence-electron chi connectivity index (χ4n) is 2.24. The van der Waals surface area contributed by atoms with E-state index in [-0.39, 0.29) is 16.6 Å². The largest absolute Gasteiger partial charge is 0.378 e. The van der Waals surface area contributed by atoms with Crippen LogP contribution >= 0.6 is 15.9 Å². The van der Waals surface area contributed by atoms with Crippen molar-refractivity contribution in [2.45, 2.75) is 4.90 Å². The zero-order valence-electron chi connectivity index (χ0n) is 14.4.